The van der Waals surface area contributed by atoms with E-state index in [4.69, 9.17) is 5.73 Å². The maximum atomic E-state index is 10.6. The van der Waals surface area contributed by atoms with Gasteiger partial charge in [-0.25, -0.2) is 10.2 Å². The third-order valence-electron chi connectivity index (χ3n) is 3.38. The number of urea groups is 1. The minimum absolute atomic E-state index is 0.679. The van der Waals surface area contributed by atoms with Crippen molar-refractivity contribution in [3.05, 3.63) is 72.3 Å². The standard InChI is InChI=1S/C18H15N3O/c19-18(22)21-20-12-13-5-3-8-15(11-13)17-10-4-7-14-6-1-2-9-16(14)17/h1-12H,(H3,19,21,22). The van der Waals surface area contributed by atoms with Gasteiger partial charge in [0.05, 0.1) is 6.21 Å². The molecule has 0 aromatic heterocycles. The van der Waals surface area contributed by atoms with E-state index in [1.54, 1.807) is 6.21 Å². The average Bonchev–Trinajstić information content (AvgIpc) is 2.54. The summed E-state index contributed by atoms with van der Waals surface area (Å²) in [5, 5.41) is 6.19. The van der Waals surface area contributed by atoms with Crippen molar-refractivity contribution in [1.29, 1.82) is 0 Å². The fourth-order valence-electron chi connectivity index (χ4n) is 2.43. The number of primary amides is 1. The second kappa shape index (κ2) is 6.10. The predicted octanol–water partition coefficient (Wildman–Crippen LogP) is 3.51. The summed E-state index contributed by atoms with van der Waals surface area (Å²) in [6.45, 7) is 0. The first-order valence-corrected chi connectivity index (χ1v) is 6.91. The zero-order chi connectivity index (χ0) is 15.4. The molecule has 22 heavy (non-hydrogen) atoms. The minimum Gasteiger partial charge on any atom is -0.350 e. The van der Waals surface area contributed by atoms with Gasteiger partial charge in [-0.2, -0.15) is 5.10 Å². The van der Waals surface area contributed by atoms with Crippen LogP contribution in [0.5, 0.6) is 0 Å². The predicted molar refractivity (Wildman–Crippen MR) is 89.7 cm³/mol. The topological polar surface area (TPSA) is 67.5 Å². The van der Waals surface area contributed by atoms with E-state index in [0.717, 1.165) is 16.7 Å². The molecule has 0 radical (unpaired) electrons. The molecule has 0 bridgehead atoms. The number of nitrogens with zero attached hydrogens (tertiary/aromatic N) is 1. The lowest BCUT2D eigenvalue weighted by Crippen LogP contribution is -2.24. The number of hydrogen-bond donors (Lipinski definition) is 2. The molecule has 0 saturated heterocycles. The van der Waals surface area contributed by atoms with Crippen molar-refractivity contribution in [1.82, 2.24) is 5.43 Å². The summed E-state index contributed by atoms with van der Waals surface area (Å²) in [7, 11) is 0. The molecule has 2 amide bonds. The van der Waals surface area contributed by atoms with Gasteiger partial charge in [-0.15, -0.1) is 0 Å². The summed E-state index contributed by atoms with van der Waals surface area (Å²) in [6.07, 6.45) is 1.57. The van der Waals surface area contributed by atoms with Crippen LogP contribution in [0.4, 0.5) is 4.79 Å². The molecule has 3 N–H and O–H groups in total. The molecule has 108 valence electrons. The number of nitrogens with one attached hydrogen (secondary N) is 1. The molecule has 4 heteroatoms. The van der Waals surface area contributed by atoms with Crippen molar-refractivity contribution < 1.29 is 4.79 Å². The normalized spacial score (nSPS) is 10.9. The van der Waals surface area contributed by atoms with Crippen LogP contribution in [-0.2, 0) is 0 Å². The molecular weight excluding hydrogens is 274 g/mol. The monoisotopic (exact) mass is 289 g/mol. The van der Waals surface area contributed by atoms with Crippen molar-refractivity contribution in [3.63, 3.8) is 0 Å². The van der Waals surface area contributed by atoms with Gasteiger partial charge >= 0.3 is 6.03 Å². The molecule has 3 aromatic carbocycles. The Morgan fingerprint density at radius 2 is 1.77 bits per heavy atom. The highest BCUT2D eigenvalue weighted by molar-refractivity contribution is 5.97. The highest BCUT2D eigenvalue weighted by Crippen LogP contribution is 2.28. The van der Waals surface area contributed by atoms with Crippen LogP contribution in [0.25, 0.3) is 21.9 Å². The number of benzene rings is 3. The summed E-state index contributed by atoms with van der Waals surface area (Å²) in [4.78, 5) is 10.6. The largest absolute Gasteiger partial charge is 0.350 e. The van der Waals surface area contributed by atoms with Crippen LogP contribution >= 0.6 is 0 Å². The Bertz CT molecular complexity index is 850. The molecular formula is C18H15N3O. The summed E-state index contributed by atoms with van der Waals surface area (Å²) in [5.74, 6) is 0. The summed E-state index contributed by atoms with van der Waals surface area (Å²) in [5.41, 5.74) is 10.3. The molecule has 4 nitrogen and oxygen atoms in total. The summed E-state index contributed by atoms with van der Waals surface area (Å²) in [6, 6.07) is 21.8. The summed E-state index contributed by atoms with van der Waals surface area (Å²) < 4.78 is 0. The zero-order valence-electron chi connectivity index (χ0n) is 11.9. The fourth-order valence-corrected chi connectivity index (χ4v) is 2.43. The van der Waals surface area contributed by atoms with Crippen LogP contribution < -0.4 is 11.2 Å². The Morgan fingerprint density at radius 1 is 1.00 bits per heavy atom. The van der Waals surface area contributed by atoms with Gasteiger partial charge in [-0.3, -0.25) is 0 Å². The number of carbonyl (C=O) groups excluding carboxylic acids is 1. The molecule has 0 aliphatic rings. The first kappa shape index (κ1) is 13.8. The molecule has 3 aromatic rings. The van der Waals surface area contributed by atoms with E-state index in [0.29, 0.717) is 0 Å². The van der Waals surface area contributed by atoms with Crippen molar-refractivity contribution in [2.75, 3.05) is 0 Å². The van der Waals surface area contributed by atoms with Crippen molar-refractivity contribution in [2.45, 2.75) is 0 Å². The van der Waals surface area contributed by atoms with Gasteiger partial charge in [0, 0.05) is 0 Å². The molecule has 0 aliphatic carbocycles. The van der Waals surface area contributed by atoms with Crippen molar-refractivity contribution >= 4 is 23.0 Å². The second-order valence-corrected chi connectivity index (χ2v) is 4.89. The van der Waals surface area contributed by atoms with E-state index >= 15 is 0 Å². The fraction of sp³-hybridized carbons (Fsp3) is 0. The number of carbonyl (C=O) groups is 1. The molecule has 0 spiro atoms. The van der Waals surface area contributed by atoms with Gasteiger partial charge in [0.1, 0.15) is 0 Å². The Labute approximate surface area is 128 Å². The van der Waals surface area contributed by atoms with Gasteiger partial charge in [0.15, 0.2) is 0 Å². The van der Waals surface area contributed by atoms with Crippen LogP contribution in [0.2, 0.25) is 0 Å². The highest BCUT2D eigenvalue weighted by atomic mass is 16.2. The van der Waals surface area contributed by atoms with E-state index in [9.17, 15) is 4.79 Å². The van der Waals surface area contributed by atoms with E-state index in [1.165, 1.54) is 10.8 Å². The van der Waals surface area contributed by atoms with Crippen LogP contribution in [0.3, 0.4) is 0 Å². The minimum atomic E-state index is -0.679. The molecule has 0 aliphatic heterocycles. The second-order valence-electron chi connectivity index (χ2n) is 4.89. The average molecular weight is 289 g/mol. The number of nitrogens with two attached hydrogens (primary N) is 1. The quantitative estimate of drug-likeness (QED) is 0.562. The van der Waals surface area contributed by atoms with Gasteiger partial charge < -0.3 is 5.73 Å². The Morgan fingerprint density at radius 3 is 2.64 bits per heavy atom. The Hall–Kier alpha value is -3.14. The van der Waals surface area contributed by atoms with E-state index < -0.39 is 6.03 Å². The lowest BCUT2D eigenvalue weighted by atomic mass is 9.97. The molecule has 0 atom stereocenters. The number of amides is 2. The molecule has 0 heterocycles. The van der Waals surface area contributed by atoms with E-state index in [-0.39, 0.29) is 0 Å². The van der Waals surface area contributed by atoms with Crippen LogP contribution in [0.15, 0.2) is 71.8 Å². The maximum Gasteiger partial charge on any atom is 0.332 e. The lowest BCUT2D eigenvalue weighted by Gasteiger charge is -2.07. The van der Waals surface area contributed by atoms with Crippen LogP contribution in [-0.4, -0.2) is 12.2 Å². The number of fused-ring (bicyclic) bond motifs is 1. The highest BCUT2D eigenvalue weighted by Gasteiger charge is 2.03. The van der Waals surface area contributed by atoms with Gasteiger partial charge in [-0.1, -0.05) is 60.7 Å². The van der Waals surface area contributed by atoms with Crippen molar-refractivity contribution in [3.8, 4) is 11.1 Å². The summed E-state index contributed by atoms with van der Waals surface area (Å²) >= 11 is 0. The first-order valence-electron chi connectivity index (χ1n) is 6.91. The number of hydrazone groups is 1. The number of rotatable bonds is 3. The molecule has 0 fully saturated rings. The van der Waals surface area contributed by atoms with Crippen molar-refractivity contribution in [2.24, 2.45) is 10.8 Å². The number of hydrogen-bond acceptors (Lipinski definition) is 2. The molecule has 0 unspecified atom stereocenters. The lowest BCUT2D eigenvalue weighted by molar-refractivity contribution is 0.249. The van der Waals surface area contributed by atoms with E-state index in [1.807, 2.05) is 36.4 Å². The Balaban J connectivity index is 2.01. The smallest absolute Gasteiger partial charge is 0.332 e. The first-order chi connectivity index (χ1) is 10.7. The van der Waals surface area contributed by atoms with Gasteiger partial charge in [-0.05, 0) is 33.5 Å². The SMILES string of the molecule is NC(=O)NN=Cc1cccc(-c2cccc3ccccc23)c1. The third kappa shape index (κ3) is 2.96. The zero-order valence-corrected chi connectivity index (χ0v) is 11.9. The van der Waals surface area contributed by atoms with Crippen LogP contribution in [0.1, 0.15) is 5.56 Å². The Kier molecular flexibility index (Phi) is 3.83. The molecule has 0 saturated carbocycles. The third-order valence-corrected chi connectivity index (χ3v) is 3.38. The van der Waals surface area contributed by atoms with Gasteiger partial charge in [0.25, 0.3) is 0 Å². The molecule has 3 rings (SSSR count). The van der Waals surface area contributed by atoms with E-state index in [2.05, 4.69) is 40.9 Å². The van der Waals surface area contributed by atoms with Gasteiger partial charge in [0.2, 0.25) is 0 Å². The van der Waals surface area contributed by atoms with Crippen LogP contribution in [0, 0.1) is 0 Å². The maximum absolute atomic E-state index is 10.6.